The van der Waals surface area contributed by atoms with Gasteiger partial charge in [0.25, 0.3) is 0 Å². The number of benzene rings is 2. The highest BCUT2D eigenvalue weighted by Crippen LogP contribution is 2.37. The summed E-state index contributed by atoms with van der Waals surface area (Å²) in [6.45, 7) is 13.9. The summed E-state index contributed by atoms with van der Waals surface area (Å²) in [5.74, 6) is 1.32. The summed E-state index contributed by atoms with van der Waals surface area (Å²) in [6.07, 6.45) is 3.25. The Labute approximate surface area is 167 Å². The van der Waals surface area contributed by atoms with E-state index in [4.69, 9.17) is 9.47 Å². The van der Waals surface area contributed by atoms with Crippen molar-refractivity contribution in [2.75, 3.05) is 0 Å². The number of ketones is 1. The first-order valence-corrected chi connectivity index (χ1v) is 9.39. The first-order chi connectivity index (χ1) is 12.9. The molecule has 0 atom stereocenters. The highest BCUT2D eigenvalue weighted by atomic mass is 16.5. The Balaban J connectivity index is 2.49. The molecule has 0 unspecified atom stereocenters. The number of hydrogen-bond acceptors (Lipinski definition) is 4. The van der Waals surface area contributed by atoms with Crippen LogP contribution in [0.25, 0.3) is 6.08 Å². The average Bonchev–Trinajstić information content (AvgIpc) is 2.55. The van der Waals surface area contributed by atoms with Crippen molar-refractivity contribution in [2.24, 2.45) is 0 Å². The van der Waals surface area contributed by atoms with Gasteiger partial charge in [-0.1, -0.05) is 6.07 Å². The molecule has 4 nitrogen and oxygen atoms in total. The number of hydrogen-bond donors (Lipinski definition) is 1. The van der Waals surface area contributed by atoms with E-state index in [1.165, 1.54) is 18.2 Å². The summed E-state index contributed by atoms with van der Waals surface area (Å²) in [7, 11) is 0. The number of rotatable bonds is 5. The first-order valence-electron chi connectivity index (χ1n) is 9.39. The van der Waals surface area contributed by atoms with E-state index in [0.717, 1.165) is 11.1 Å². The Morgan fingerprint density at radius 3 is 2.00 bits per heavy atom. The normalized spacial score (nSPS) is 12.2. The van der Waals surface area contributed by atoms with Crippen molar-refractivity contribution in [2.45, 2.75) is 59.7 Å². The highest BCUT2D eigenvalue weighted by Gasteiger charge is 2.21. The van der Waals surface area contributed by atoms with Gasteiger partial charge in [-0.3, -0.25) is 4.79 Å². The second-order valence-corrected chi connectivity index (χ2v) is 8.80. The zero-order valence-corrected chi connectivity index (χ0v) is 17.8. The first kappa shape index (κ1) is 21.5. The molecule has 2 aromatic rings. The minimum atomic E-state index is -0.394. The molecule has 0 spiro atoms. The monoisotopic (exact) mass is 382 g/mol. The van der Waals surface area contributed by atoms with Crippen LogP contribution in [0, 0.1) is 6.92 Å². The number of carbonyl (C=O) groups is 1. The standard InChI is InChI=1S/C24H30O4/c1-16-8-15-21(27-23(2,3)4)19(22(16)28-24(5,6)7)13-14-20(26)17-9-11-18(25)12-10-17/h8-15,25H,1-7H3. The van der Waals surface area contributed by atoms with Crippen LogP contribution in [-0.4, -0.2) is 22.1 Å². The minimum Gasteiger partial charge on any atom is -0.508 e. The Morgan fingerprint density at radius 1 is 0.893 bits per heavy atom. The van der Waals surface area contributed by atoms with Gasteiger partial charge in [0, 0.05) is 5.56 Å². The molecule has 0 amide bonds. The highest BCUT2D eigenvalue weighted by molar-refractivity contribution is 6.07. The molecule has 0 aromatic heterocycles. The summed E-state index contributed by atoms with van der Waals surface area (Å²) < 4.78 is 12.3. The van der Waals surface area contributed by atoms with Gasteiger partial charge in [0.1, 0.15) is 28.5 Å². The summed E-state index contributed by atoms with van der Waals surface area (Å²) in [4.78, 5) is 12.6. The van der Waals surface area contributed by atoms with Crippen LogP contribution >= 0.6 is 0 Å². The predicted molar refractivity (Wildman–Crippen MR) is 113 cm³/mol. The zero-order chi connectivity index (χ0) is 21.1. The van der Waals surface area contributed by atoms with Gasteiger partial charge in [0.2, 0.25) is 0 Å². The number of allylic oxidation sites excluding steroid dienone is 1. The van der Waals surface area contributed by atoms with E-state index in [-0.39, 0.29) is 11.5 Å². The Hall–Kier alpha value is -2.75. The number of phenols is 1. The minimum absolute atomic E-state index is 0.126. The molecule has 2 rings (SSSR count). The van der Waals surface area contributed by atoms with Gasteiger partial charge in [-0.25, -0.2) is 0 Å². The fourth-order valence-corrected chi connectivity index (χ4v) is 2.59. The van der Waals surface area contributed by atoms with Crippen molar-refractivity contribution in [1.29, 1.82) is 0 Å². The fraction of sp³-hybridized carbons (Fsp3) is 0.375. The molecule has 0 bridgehead atoms. The second kappa shape index (κ2) is 8.09. The molecule has 0 aliphatic rings. The lowest BCUT2D eigenvalue weighted by molar-refractivity contribution is 0.104. The van der Waals surface area contributed by atoms with E-state index in [9.17, 15) is 9.90 Å². The maximum absolute atomic E-state index is 12.6. The summed E-state index contributed by atoms with van der Waals surface area (Å²) in [5, 5.41) is 9.40. The van der Waals surface area contributed by atoms with E-state index >= 15 is 0 Å². The molecule has 0 saturated heterocycles. The molecule has 0 radical (unpaired) electrons. The SMILES string of the molecule is Cc1ccc(OC(C)(C)C)c(C=CC(=O)c2ccc(O)cc2)c1OC(C)(C)C. The van der Waals surface area contributed by atoms with Crippen molar-refractivity contribution in [3.05, 3.63) is 59.2 Å². The van der Waals surface area contributed by atoms with Crippen molar-refractivity contribution >= 4 is 11.9 Å². The Bertz CT molecular complexity index is 863. The third kappa shape index (κ3) is 6.15. The van der Waals surface area contributed by atoms with Gasteiger partial charge in [-0.2, -0.15) is 0 Å². The quantitative estimate of drug-likeness (QED) is 0.513. The van der Waals surface area contributed by atoms with Crippen LogP contribution in [-0.2, 0) is 0 Å². The molecular formula is C24H30O4. The number of aromatic hydroxyl groups is 1. The average molecular weight is 383 g/mol. The molecule has 0 aliphatic heterocycles. The van der Waals surface area contributed by atoms with Crippen LogP contribution in [0.4, 0.5) is 0 Å². The van der Waals surface area contributed by atoms with E-state index in [2.05, 4.69) is 0 Å². The van der Waals surface area contributed by atoms with E-state index in [0.29, 0.717) is 17.1 Å². The van der Waals surface area contributed by atoms with Crippen molar-refractivity contribution in [3.63, 3.8) is 0 Å². The molecule has 0 aliphatic carbocycles. The molecule has 2 aromatic carbocycles. The van der Waals surface area contributed by atoms with Gasteiger partial charge in [-0.15, -0.1) is 0 Å². The molecular weight excluding hydrogens is 352 g/mol. The molecule has 1 N–H and O–H groups in total. The Morgan fingerprint density at radius 2 is 1.46 bits per heavy atom. The largest absolute Gasteiger partial charge is 0.508 e. The number of carbonyl (C=O) groups excluding carboxylic acids is 1. The number of ether oxygens (including phenoxy) is 2. The van der Waals surface area contributed by atoms with Crippen LogP contribution in [0.3, 0.4) is 0 Å². The van der Waals surface area contributed by atoms with E-state index in [1.54, 1.807) is 18.2 Å². The van der Waals surface area contributed by atoms with Crippen LogP contribution in [0.5, 0.6) is 17.2 Å². The van der Waals surface area contributed by atoms with Gasteiger partial charge in [0.05, 0.1) is 5.56 Å². The van der Waals surface area contributed by atoms with Crippen LogP contribution in [0.15, 0.2) is 42.5 Å². The lowest BCUT2D eigenvalue weighted by atomic mass is 10.0. The Kier molecular flexibility index (Phi) is 6.23. The van der Waals surface area contributed by atoms with Crippen molar-refractivity contribution in [3.8, 4) is 17.2 Å². The van der Waals surface area contributed by atoms with Gasteiger partial charge < -0.3 is 14.6 Å². The summed E-state index contributed by atoms with van der Waals surface area (Å²) in [6, 6.07) is 10.0. The van der Waals surface area contributed by atoms with Gasteiger partial charge in [-0.05, 0) is 96.5 Å². The zero-order valence-electron chi connectivity index (χ0n) is 17.8. The summed E-state index contributed by atoms with van der Waals surface area (Å²) >= 11 is 0. The van der Waals surface area contributed by atoms with Crippen LogP contribution < -0.4 is 9.47 Å². The van der Waals surface area contributed by atoms with E-state index < -0.39 is 11.2 Å². The van der Waals surface area contributed by atoms with Crippen molar-refractivity contribution in [1.82, 2.24) is 0 Å². The molecule has 0 saturated carbocycles. The fourth-order valence-electron chi connectivity index (χ4n) is 2.59. The molecule has 0 heterocycles. The second-order valence-electron chi connectivity index (χ2n) is 8.80. The lowest BCUT2D eigenvalue weighted by Crippen LogP contribution is -2.25. The maximum atomic E-state index is 12.6. The van der Waals surface area contributed by atoms with Gasteiger partial charge >= 0.3 is 0 Å². The molecule has 28 heavy (non-hydrogen) atoms. The maximum Gasteiger partial charge on any atom is 0.185 e. The molecule has 150 valence electrons. The molecule has 0 fully saturated rings. The number of phenolic OH excluding ortho intramolecular Hbond substituents is 1. The summed E-state index contributed by atoms with van der Waals surface area (Å²) in [5.41, 5.74) is 1.41. The smallest absolute Gasteiger partial charge is 0.185 e. The van der Waals surface area contributed by atoms with E-state index in [1.807, 2.05) is 60.6 Å². The van der Waals surface area contributed by atoms with Gasteiger partial charge in [0.15, 0.2) is 5.78 Å². The third-order valence-corrected chi connectivity index (χ3v) is 3.73. The lowest BCUT2D eigenvalue weighted by Gasteiger charge is -2.27. The van der Waals surface area contributed by atoms with Crippen LogP contribution in [0.1, 0.15) is 63.0 Å². The van der Waals surface area contributed by atoms with Crippen LogP contribution in [0.2, 0.25) is 0 Å². The number of aryl methyl sites for hydroxylation is 1. The molecule has 4 heteroatoms. The van der Waals surface area contributed by atoms with Crippen molar-refractivity contribution < 1.29 is 19.4 Å². The topological polar surface area (TPSA) is 55.8 Å². The predicted octanol–water partition coefficient (Wildman–Crippen LogP) is 5.95. The third-order valence-electron chi connectivity index (χ3n) is 3.73.